The Labute approximate surface area is 84.4 Å². The van der Waals surface area contributed by atoms with Crippen LogP contribution in [0.2, 0.25) is 0 Å². The lowest BCUT2D eigenvalue weighted by Crippen LogP contribution is -1.98. The molecule has 0 spiro atoms. The number of nitro groups is 1. The third-order valence-corrected chi connectivity index (χ3v) is 1.95. The molecule has 4 nitrogen and oxygen atoms in total. The summed E-state index contributed by atoms with van der Waals surface area (Å²) in [6, 6.07) is 2.36. The van der Waals surface area contributed by atoms with Gasteiger partial charge in [-0.1, -0.05) is 0 Å². The van der Waals surface area contributed by atoms with Gasteiger partial charge in [0.25, 0.3) is 0 Å². The van der Waals surface area contributed by atoms with Gasteiger partial charge in [-0.15, -0.1) is 11.6 Å². The summed E-state index contributed by atoms with van der Waals surface area (Å²) in [5.74, 6) is -0.985. The van der Waals surface area contributed by atoms with E-state index in [1.165, 1.54) is 13.2 Å². The van der Waals surface area contributed by atoms with Gasteiger partial charge in [0.2, 0.25) is 5.82 Å². The number of rotatable bonds is 3. The van der Waals surface area contributed by atoms with Crippen LogP contribution in [0.1, 0.15) is 5.56 Å². The minimum Gasteiger partial charge on any atom is -0.490 e. The van der Waals surface area contributed by atoms with Gasteiger partial charge < -0.3 is 4.74 Å². The van der Waals surface area contributed by atoms with E-state index in [1.54, 1.807) is 0 Å². The molecule has 0 aliphatic heterocycles. The number of hydrogen-bond donors (Lipinski definition) is 0. The molecule has 0 N–H and O–H groups in total. The zero-order valence-electron chi connectivity index (χ0n) is 7.29. The van der Waals surface area contributed by atoms with Crippen LogP contribution in [-0.4, -0.2) is 12.0 Å². The number of nitrogens with zero attached hydrogens (tertiary/aromatic N) is 1. The summed E-state index contributed by atoms with van der Waals surface area (Å²) in [5, 5.41) is 10.5. The first-order valence-electron chi connectivity index (χ1n) is 3.67. The Morgan fingerprint density at radius 3 is 2.71 bits per heavy atom. The summed E-state index contributed by atoms with van der Waals surface area (Å²) in [6.07, 6.45) is 0. The van der Waals surface area contributed by atoms with Crippen molar-refractivity contribution in [3.8, 4) is 5.75 Å². The monoisotopic (exact) mass is 219 g/mol. The smallest absolute Gasteiger partial charge is 0.346 e. The van der Waals surface area contributed by atoms with Crippen LogP contribution in [0.15, 0.2) is 12.1 Å². The van der Waals surface area contributed by atoms with Gasteiger partial charge in [0.05, 0.1) is 12.0 Å². The van der Waals surface area contributed by atoms with Gasteiger partial charge in [-0.05, 0) is 17.7 Å². The largest absolute Gasteiger partial charge is 0.490 e. The predicted molar refractivity (Wildman–Crippen MR) is 49.2 cm³/mol. The highest BCUT2D eigenvalue weighted by Crippen LogP contribution is 2.31. The topological polar surface area (TPSA) is 52.4 Å². The minimum atomic E-state index is -0.940. The van der Waals surface area contributed by atoms with Crippen molar-refractivity contribution >= 4 is 17.3 Å². The Kier molecular flexibility index (Phi) is 3.24. The van der Waals surface area contributed by atoms with Crippen molar-refractivity contribution in [2.75, 3.05) is 7.11 Å². The van der Waals surface area contributed by atoms with E-state index in [0.717, 1.165) is 6.07 Å². The minimum absolute atomic E-state index is 0.0747. The maximum Gasteiger partial charge on any atom is 0.346 e. The van der Waals surface area contributed by atoms with E-state index < -0.39 is 16.4 Å². The van der Waals surface area contributed by atoms with Gasteiger partial charge in [-0.25, -0.2) is 0 Å². The summed E-state index contributed by atoms with van der Waals surface area (Å²) in [7, 11) is 1.24. The second kappa shape index (κ2) is 4.23. The van der Waals surface area contributed by atoms with Crippen LogP contribution in [0.4, 0.5) is 10.1 Å². The van der Waals surface area contributed by atoms with Crippen LogP contribution >= 0.6 is 11.6 Å². The third kappa shape index (κ3) is 1.93. The first-order valence-corrected chi connectivity index (χ1v) is 4.20. The second-order valence-corrected chi connectivity index (χ2v) is 2.79. The van der Waals surface area contributed by atoms with Crippen LogP contribution in [0, 0.1) is 15.9 Å². The van der Waals surface area contributed by atoms with E-state index in [-0.39, 0.29) is 11.6 Å². The third-order valence-electron chi connectivity index (χ3n) is 1.65. The van der Waals surface area contributed by atoms with Gasteiger partial charge in [-0.2, -0.15) is 4.39 Å². The van der Waals surface area contributed by atoms with E-state index in [2.05, 4.69) is 4.74 Å². The summed E-state index contributed by atoms with van der Waals surface area (Å²) in [5.41, 5.74) is -0.229. The molecule has 0 aromatic heterocycles. The van der Waals surface area contributed by atoms with Gasteiger partial charge in [-0.3, -0.25) is 10.1 Å². The lowest BCUT2D eigenvalue weighted by atomic mass is 10.2. The number of ether oxygens (including phenoxy) is 1. The first-order chi connectivity index (χ1) is 6.60. The van der Waals surface area contributed by atoms with Crippen LogP contribution < -0.4 is 4.74 Å². The van der Waals surface area contributed by atoms with Gasteiger partial charge in [0.1, 0.15) is 0 Å². The molecule has 1 aromatic rings. The zero-order valence-corrected chi connectivity index (χ0v) is 8.05. The molecule has 0 unspecified atom stereocenters. The SMILES string of the molecule is COc1cc(CCl)cc(F)c1[N+](=O)[O-]. The Bertz CT molecular complexity index is 370. The quantitative estimate of drug-likeness (QED) is 0.446. The normalized spacial score (nSPS) is 9.93. The van der Waals surface area contributed by atoms with E-state index in [4.69, 9.17) is 11.6 Å². The highest BCUT2D eigenvalue weighted by atomic mass is 35.5. The lowest BCUT2D eigenvalue weighted by molar-refractivity contribution is -0.388. The van der Waals surface area contributed by atoms with Crippen molar-refractivity contribution in [1.29, 1.82) is 0 Å². The number of nitro benzene ring substituents is 1. The molecule has 0 aliphatic carbocycles. The molecule has 0 fully saturated rings. The van der Waals surface area contributed by atoms with Crippen molar-refractivity contribution in [3.63, 3.8) is 0 Å². The number of methoxy groups -OCH3 is 1. The molecule has 14 heavy (non-hydrogen) atoms. The van der Waals surface area contributed by atoms with Crippen molar-refractivity contribution in [1.82, 2.24) is 0 Å². The molecule has 0 saturated heterocycles. The fourth-order valence-electron chi connectivity index (χ4n) is 1.04. The van der Waals surface area contributed by atoms with E-state index in [0.29, 0.717) is 5.56 Å². The van der Waals surface area contributed by atoms with Crippen molar-refractivity contribution in [2.24, 2.45) is 0 Å². The maximum atomic E-state index is 13.2. The molecule has 0 saturated carbocycles. The molecule has 0 radical (unpaired) electrons. The second-order valence-electron chi connectivity index (χ2n) is 2.52. The predicted octanol–water partition coefficient (Wildman–Crippen LogP) is 2.48. The molecule has 0 amide bonds. The Balaban J connectivity index is 3.34. The number of benzene rings is 1. The Morgan fingerprint density at radius 1 is 1.64 bits per heavy atom. The molecule has 0 heterocycles. The Hall–Kier alpha value is -1.36. The number of hydrogen-bond acceptors (Lipinski definition) is 3. The van der Waals surface area contributed by atoms with Gasteiger partial charge in [0.15, 0.2) is 5.75 Å². The Morgan fingerprint density at radius 2 is 2.29 bits per heavy atom. The lowest BCUT2D eigenvalue weighted by Gasteiger charge is -2.04. The average molecular weight is 220 g/mol. The first kappa shape index (κ1) is 10.7. The molecule has 0 aliphatic rings. The molecule has 1 aromatic carbocycles. The highest BCUT2D eigenvalue weighted by Gasteiger charge is 2.22. The van der Waals surface area contributed by atoms with Crippen molar-refractivity contribution in [2.45, 2.75) is 5.88 Å². The fraction of sp³-hybridized carbons (Fsp3) is 0.250. The molecular weight excluding hydrogens is 213 g/mol. The van der Waals surface area contributed by atoms with E-state index in [1.807, 2.05) is 0 Å². The van der Waals surface area contributed by atoms with Crippen LogP contribution in [0.25, 0.3) is 0 Å². The molecule has 0 atom stereocenters. The van der Waals surface area contributed by atoms with Crippen LogP contribution in [0.5, 0.6) is 5.75 Å². The number of alkyl halides is 1. The zero-order chi connectivity index (χ0) is 10.7. The molecular formula is C8H7ClFNO3. The maximum absolute atomic E-state index is 13.2. The standard InChI is InChI=1S/C8H7ClFNO3/c1-14-7-3-5(4-9)2-6(10)8(7)11(12)13/h2-3H,4H2,1H3. The van der Waals surface area contributed by atoms with Gasteiger partial charge >= 0.3 is 5.69 Å². The fourth-order valence-corrected chi connectivity index (χ4v) is 1.19. The van der Waals surface area contributed by atoms with Gasteiger partial charge in [0, 0.05) is 5.88 Å². The molecule has 0 bridgehead atoms. The summed E-state index contributed by atoms with van der Waals surface area (Å²) < 4.78 is 17.8. The molecule has 76 valence electrons. The van der Waals surface area contributed by atoms with Crippen molar-refractivity contribution < 1.29 is 14.1 Å². The molecule has 6 heteroatoms. The average Bonchev–Trinajstić information content (AvgIpc) is 2.15. The van der Waals surface area contributed by atoms with Crippen LogP contribution in [0.3, 0.4) is 0 Å². The van der Waals surface area contributed by atoms with E-state index >= 15 is 0 Å². The highest BCUT2D eigenvalue weighted by molar-refractivity contribution is 6.17. The summed E-state index contributed by atoms with van der Waals surface area (Å²) >= 11 is 5.47. The summed E-state index contributed by atoms with van der Waals surface area (Å²) in [4.78, 5) is 9.63. The van der Waals surface area contributed by atoms with Crippen LogP contribution in [-0.2, 0) is 5.88 Å². The van der Waals surface area contributed by atoms with Crippen molar-refractivity contribution in [3.05, 3.63) is 33.6 Å². The van der Waals surface area contributed by atoms with E-state index in [9.17, 15) is 14.5 Å². The summed E-state index contributed by atoms with van der Waals surface area (Å²) in [6.45, 7) is 0. The number of halogens is 2. The molecule has 1 rings (SSSR count).